The lowest BCUT2D eigenvalue weighted by Gasteiger charge is -2.17. The van der Waals surface area contributed by atoms with Crippen molar-refractivity contribution < 1.29 is 14.7 Å². The molecule has 1 rings (SSSR count). The van der Waals surface area contributed by atoms with Crippen molar-refractivity contribution in [3.63, 3.8) is 0 Å². The predicted molar refractivity (Wildman–Crippen MR) is 75.6 cm³/mol. The van der Waals surface area contributed by atoms with Gasteiger partial charge in [0.15, 0.2) is 0 Å². The standard InChI is InChI=1S/C12H14BrNO3S/c1-2-7-14(8-12(16)17)11(15)6-4-9-3-5-10(13)18-9/h3-6H,2,7-8H2,1H3,(H,16,17)/b6-4+. The second-order valence-corrected chi connectivity index (χ2v) is 6.12. The summed E-state index contributed by atoms with van der Waals surface area (Å²) < 4.78 is 0.991. The summed E-state index contributed by atoms with van der Waals surface area (Å²) in [5, 5.41) is 8.73. The number of carboxylic acids is 1. The van der Waals surface area contributed by atoms with Crippen molar-refractivity contribution in [2.45, 2.75) is 13.3 Å². The molecule has 6 heteroatoms. The van der Waals surface area contributed by atoms with E-state index in [0.29, 0.717) is 6.54 Å². The van der Waals surface area contributed by atoms with Crippen LogP contribution in [0.1, 0.15) is 18.2 Å². The molecule has 0 fully saturated rings. The van der Waals surface area contributed by atoms with Crippen LogP contribution in [0.15, 0.2) is 22.0 Å². The van der Waals surface area contributed by atoms with Crippen LogP contribution in [0.5, 0.6) is 0 Å². The van der Waals surface area contributed by atoms with Crippen molar-refractivity contribution in [3.8, 4) is 0 Å². The smallest absolute Gasteiger partial charge is 0.323 e. The van der Waals surface area contributed by atoms with Gasteiger partial charge in [-0.25, -0.2) is 0 Å². The summed E-state index contributed by atoms with van der Waals surface area (Å²) in [4.78, 5) is 24.7. The minimum Gasteiger partial charge on any atom is -0.480 e. The maximum Gasteiger partial charge on any atom is 0.323 e. The summed E-state index contributed by atoms with van der Waals surface area (Å²) in [6.07, 6.45) is 3.84. The third-order valence-corrected chi connectivity index (χ3v) is 3.70. The van der Waals surface area contributed by atoms with Gasteiger partial charge >= 0.3 is 5.97 Å². The number of aliphatic carboxylic acids is 1. The van der Waals surface area contributed by atoms with Gasteiger partial charge in [-0.2, -0.15) is 0 Å². The van der Waals surface area contributed by atoms with Gasteiger partial charge in [-0.05, 0) is 40.6 Å². The fraction of sp³-hybridized carbons (Fsp3) is 0.333. The molecule has 1 heterocycles. The number of rotatable bonds is 6. The van der Waals surface area contributed by atoms with Crippen LogP contribution >= 0.6 is 27.3 Å². The molecule has 0 bridgehead atoms. The first-order chi connectivity index (χ1) is 8.52. The van der Waals surface area contributed by atoms with Crippen molar-refractivity contribution in [1.82, 2.24) is 4.90 Å². The Morgan fingerprint density at radius 3 is 2.72 bits per heavy atom. The van der Waals surface area contributed by atoms with Crippen molar-refractivity contribution in [2.24, 2.45) is 0 Å². The van der Waals surface area contributed by atoms with Gasteiger partial charge in [-0.1, -0.05) is 6.92 Å². The van der Waals surface area contributed by atoms with Crippen LogP contribution in [0.3, 0.4) is 0 Å². The molecule has 4 nitrogen and oxygen atoms in total. The average Bonchev–Trinajstić information content (AvgIpc) is 2.71. The first kappa shape index (κ1) is 14.9. The van der Waals surface area contributed by atoms with E-state index in [4.69, 9.17) is 5.11 Å². The van der Waals surface area contributed by atoms with Crippen molar-refractivity contribution in [1.29, 1.82) is 0 Å². The fourth-order valence-electron chi connectivity index (χ4n) is 1.38. The van der Waals surface area contributed by atoms with Crippen LogP contribution in [0.4, 0.5) is 0 Å². The number of carbonyl (C=O) groups is 2. The van der Waals surface area contributed by atoms with E-state index in [-0.39, 0.29) is 12.5 Å². The molecule has 0 saturated heterocycles. The van der Waals surface area contributed by atoms with E-state index in [1.165, 1.54) is 22.3 Å². The van der Waals surface area contributed by atoms with E-state index in [1.807, 2.05) is 19.1 Å². The maximum atomic E-state index is 11.8. The minimum atomic E-state index is -0.996. The lowest BCUT2D eigenvalue weighted by molar-refractivity contribution is -0.142. The lowest BCUT2D eigenvalue weighted by atomic mass is 10.3. The van der Waals surface area contributed by atoms with E-state index < -0.39 is 5.97 Å². The second-order valence-electron chi connectivity index (χ2n) is 3.63. The van der Waals surface area contributed by atoms with E-state index in [2.05, 4.69) is 15.9 Å². The van der Waals surface area contributed by atoms with E-state index in [0.717, 1.165) is 15.1 Å². The number of hydrogen-bond acceptors (Lipinski definition) is 3. The van der Waals surface area contributed by atoms with Gasteiger partial charge in [0, 0.05) is 17.5 Å². The highest BCUT2D eigenvalue weighted by Crippen LogP contribution is 2.23. The SMILES string of the molecule is CCCN(CC(=O)O)C(=O)/C=C/c1ccc(Br)s1. The Morgan fingerprint density at radius 2 is 2.22 bits per heavy atom. The van der Waals surface area contributed by atoms with Gasteiger partial charge in [0.25, 0.3) is 0 Å². The Bertz CT molecular complexity index is 456. The largest absolute Gasteiger partial charge is 0.480 e. The molecule has 1 amide bonds. The van der Waals surface area contributed by atoms with Crippen molar-refractivity contribution in [3.05, 3.63) is 26.9 Å². The third-order valence-electron chi connectivity index (χ3n) is 2.12. The molecule has 0 spiro atoms. The van der Waals surface area contributed by atoms with Gasteiger partial charge in [0.1, 0.15) is 6.54 Å². The highest BCUT2D eigenvalue weighted by molar-refractivity contribution is 9.11. The van der Waals surface area contributed by atoms with Gasteiger partial charge in [-0.15, -0.1) is 11.3 Å². The minimum absolute atomic E-state index is 0.259. The van der Waals surface area contributed by atoms with Crippen molar-refractivity contribution in [2.75, 3.05) is 13.1 Å². The average molecular weight is 332 g/mol. The topological polar surface area (TPSA) is 57.6 Å². The number of carbonyl (C=O) groups excluding carboxylic acids is 1. The van der Waals surface area contributed by atoms with E-state index >= 15 is 0 Å². The maximum absolute atomic E-state index is 11.8. The lowest BCUT2D eigenvalue weighted by Crippen LogP contribution is -2.35. The van der Waals surface area contributed by atoms with E-state index in [9.17, 15) is 9.59 Å². The Morgan fingerprint density at radius 1 is 1.50 bits per heavy atom. The second kappa shape index (κ2) is 7.33. The van der Waals surface area contributed by atoms with Crippen LogP contribution in [0, 0.1) is 0 Å². The Balaban J connectivity index is 2.65. The van der Waals surface area contributed by atoms with Crippen LogP contribution < -0.4 is 0 Å². The molecular weight excluding hydrogens is 318 g/mol. The number of carboxylic acid groups (broad SMARTS) is 1. The summed E-state index contributed by atoms with van der Waals surface area (Å²) >= 11 is 4.85. The third kappa shape index (κ3) is 5.01. The van der Waals surface area contributed by atoms with E-state index in [1.54, 1.807) is 6.08 Å². The number of thiophene rings is 1. The molecule has 0 aliphatic carbocycles. The molecule has 0 aromatic carbocycles. The first-order valence-electron chi connectivity index (χ1n) is 5.47. The Kier molecular flexibility index (Phi) is 6.07. The highest BCUT2D eigenvalue weighted by Gasteiger charge is 2.12. The summed E-state index contributed by atoms with van der Waals surface area (Å²) in [5.41, 5.74) is 0. The molecule has 0 saturated carbocycles. The number of hydrogen-bond donors (Lipinski definition) is 1. The molecule has 0 aliphatic heterocycles. The van der Waals surface area contributed by atoms with Crippen LogP contribution in [0.2, 0.25) is 0 Å². The van der Waals surface area contributed by atoms with Crippen LogP contribution in [-0.4, -0.2) is 35.0 Å². The molecule has 1 N–H and O–H groups in total. The summed E-state index contributed by atoms with van der Waals surface area (Å²) in [6.45, 7) is 2.09. The van der Waals surface area contributed by atoms with Crippen LogP contribution in [-0.2, 0) is 9.59 Å². The molecule has 18 heavy (non-hydrogen) atoms. The molecule has 0 atom stereocenters. The molecule has 0 radical (unpaired) electrons. The molecule has 98 valence electrons. The Hall–Kier alpha value is -1.14. The number of nitrogens with zero attached hydrogens (tertiary/aromatic N) is 1. The first-order valence-corrected chi connectivity index (χ1v) is 7.08. The van der Waals surface area contributed by atoms with Crippen LogP contribution in [0.25, 0.3) is 6.08 Å². The fourth-order valence-corrected chi connectivity index (χ4v) is 2.70. The zero-order chi connectivity index (χ0) is 13.5. The van der Waals surface area contributed by atoms with Gasteiger partial charge in [-0.3, -0.25) is 9.59 Å². The summed E-state index contributed by atoms with van der Waals surface area (Å²) in [6, 6.07) is 3.79. The molecular formula is C12H14BrNO3S. The summed E-state index contributed by atoms with van der Waals surface area (Å²) in [7, 11) is 0. The monoisotopic (exact) mass is 331 g/mol. The van der Waals surface area contributed by atoms with Gasteiger partial charge in [0.05, 0.1) is 3.79 Å². The zero-order valence-corrected chi connectivity index (χ0v) is 12.3. The van der Waals surface area contributed by atoms with Crippen molar-refractivity contribution >= 4 is 45.2 Å². The molecule has 1 aromatic rings. The predicted octanol–water partition coefficient (Wildman–Crippen LogP) is 2.85. The molecule has 1 aromatic heterocycles. The Labute approximate surface area is 118 Å². The summed E-state index contributed by atoms with van der Waals surface area (Å²) in [5.74, 6) is -1.27. The number of amides is 1. The molecule has 0 aliphatic rings. The normalized spacial score (nSPS) is 10.8. The quantitative estimate of drug-likeness (QED) is 0.815. The van der Waals surface area contributed by atoms with Gasteiger partial charge < -0.3 is 10.0 Å². The molecule has 0 unspecified atom stereocenters. The number of halogens is 1. The van der Waals surface area contributed by atoms with Gasteiger partial charge in [0.2, 0.25) is 5.91 Å². The highest BCUT2D eigenvalue weighted by atomic mass is 79.9. The zero-order valence-electron chi connectivity index (χ0n) is 9.93.